The van der Waals surface area contributed by atoms with Crippen molar-refractivity contribution < 1.29 is 4.79 Å². The second-order valence-corrected chi connectivity index (χ2v) is 4.13. The monoisotopic (exact) mass is 205 g/mol. The Balaban J connectivity index is 2.69. The van der Waals surface area contributed by atoms with Gasteiger partial charge < -0.3 is 5.32 Å². The van der Waals surface area contributed by atoms with Crippen LogP contribution < -0.4 is 5.32 Å². The first-order valence-corrected chi connectivity index (χ1v) is 5.32. The van der Waals surface area contributed by atoms with Crippen molar-refractivity contribution in [1.82, 2.24) is 0 Å². The van der Waals surface area contributed by atoms with Crippen LogP contribution >= 0.6 is 0 Å². The molecule has 0 amide bonds. The van der Waals surface area contributed by atoms with Crippen molar-refractivity contribution in [2.75, 3.05) is 11.9 Å². The van der Waals surface area contributed by atoms with Crippen molar-refractivity contribution in [2.24, 2.45) is 0 Å². The van der Waals surface area contributed by atoms with Crippen LogP contribution in [0.3, 0.4) is 0 Å². The number of hydrogen-bond acceptors (Lipinski definition) is 2. The summed E-state index contributed by atoms with van der Waals surface area (Å²) in [5.41, 5.74) is 4.97. The van der Waals surface area contributed by atoms with Crippen molar-refractivity contribution in [2.45, 2.75) is 34.1 Å². The predicted octanol–water partition coefficient (Wildman–Crippen LogP) is 3.00. The van der Waals surface area contributed by atoms with E-state index in [0.29, 0.717) is 6.42 Å². The summed E-state index contributed by atoms with van der Waals surface area (Å²) in [7, 11) is 0. The van der Waals surface area contributed by atoms with Crippen LogP contribution in [0.2, 0.25) is 0 Å². The maximum atomic E-state index is 10.8. The number of carbonyl (C=O) groups is 1. The lowest BCUT2D eigenvalue weighted by atomic mass is 10.0. The van der Waals surface area contributed by atoms with Crippen molar-refractivity contribution >= 4 is 11.5 Å². The van der Waals surface area contributed by atoms with Gasteiger partial charge in [-0.15, -0.1) is 0 Å². The number of benzene rings is 1. The predicted molar refractivity (Wildman–Crippen MR) is 64.4 cm³/mol. The van der Waals surface area contributed by atoms with E-state index >= 15 is 0 Å². The number of ketones is 1. The van der Waals surface area contributed by atoms with Gasteiger partial charge in [0.15, 0.2) is 0 Å². The van der Waals surface area contributed by atoms with Gasteiger partial charge in [0.2, 0.25) is 0 Å². The maximum Gasteiger partial charge on any atom is 0.131 e. The number of nitrogens with one attached hydrogen (secondary N) is 1. The Kier molecular flexibility index (Phi) is 3.89. The number of aryl methyl sites for hydroxylation is 3. The third-order valence-electron chi connectivity index (χ3n) is 2.63. The lowest BCUT2D eigenvalue weighted by Crippen LogP contribution is -2.07. The van der Waals surface area contributed by atoms with E-state index in [0.717, 1.165) is 12.2 Å². The molecule has 82 valence electrons. The van der Waals surface area contributed by atoms with Crippen LogP contribution in [0, 0.1) is 20.8 Å². The van der Waals surface area contributed by atoms with Gasteiger partial charge >= 0.3 is 0 Å². The van der Waals surface area contributed by atoms with E-state index in [2.05, 4.69) is 38.2 Å². The van der Waals surface area contributed by atoms with E-state index in [4.69, 9.17) is 0 Å². The van der Waals surface area contributed by atoms with Crippen LogP contribution in [0.5, 0.6) is 0 Å². The fraction of sp³-hybridized carbons (Fsp3) is 0.462. The zero-order chi connectivity index (χ0) is 11.4. The largest absolute Gasteiger partial charge is 0.384 e. The van der Waals surface area contributed by atoms with Gasteiger partial charge in [0.05, 0.1) is 0 Å². The lowest BCUT2D eigenvalue weighted by Gasteiger charge is -2.11. The Morgan fingerprint density at radius 1 is 1.13 bits per heavy atom. The highest BCUT2D eigenvalue weighted by Crippen LogP contribution is 2.19. The van der Waals surface area contributed by atoms with Gasteiger partial charge in [0.1, 0.15) is 5.78 Å². The molecule has 1 N–H and O–H groups in total. The minimum atomic E-state index is 0.226. The zero-order valence-corrected chi connectivity index (χ0v) is 9.98. The summed E-state index contributed by atoms with van der Waals surface area (Å²) < 4.78 is 0. The molecular weight excluding hydrogens is 186 g/mol. The first-order valence-electron chi connectivity index (χ1n) is 5.32. The molecule has 0 radical (unpaired) electrons. The number of anilines is 1. The summed E-state index contributed by atoms with van der Waals surface area (Å²) in [4.78, 5) is 10.8. The Labute approximate surface area is 91.7 Å². The fourth-order valence-corrected chi connectivity index (χ4v) is 1.52. The molecule has 0 bridgehead atoms. The minimum absolute atomic E-state index is 0.226. The summed E-state index contributed by atoms with van der Waals surface area (Å²) >= 11 is 0. The van der Waals surface area contributed by atoms with Gasteiger partial charge in [-0.3, -0.25) is 4.79 Å². The molecule has 0 saturated heterocycles. The molecule has 0 heterocycles. The van der Waals surface area contributed by atoms with Crippen LogP contribution in [0.25, 0.3) is 0 Å². The van der Waals surface area contributed by atoms with E-state index < -0.39 is 0 Å². The zero-order valence-electron chi connectivity index (χ0n) is 9.98. The summed E-state index contributed by atoms with van der Waals surface area (Å²) in [5.74, 6) is 0.226. The van der Waals surface area contributed by atoms with Crippen molar-refractivity contribution in [3.63, 3.8) is 0 Å². The molecule has 1 aromatic carbocycles. The van der Waals surface area contributed by atoms with Crippen molar-refractivity contribution in [3.8, 4) is 0 Å². The second kappa shape index (κ2) is 4.96. The molecule has 2 nitrogen and oxygen atoms in total. The van der Waals surface area contributed by atoms with E-state index in [1.165, 1.54) is 16.7 Å². The highest BCUT2D eigenvalue weighted by atomic mass is 16.1. The van der Waals surface area contributed by atoms with Gasteiger partial charge in [-0.25, -0.2) is 0 Å². The average molecular weight is 205 g/mol. The number of carbonyl (C=O) groups excluding carboxylic acids is 1. The standard InChI is InChI=1S/C13H19NO/c1-9-7-11(3)13(8-10(9)2)14-6-5-12(4)15/h7-8,14H,5-6H2,1-4H3. The molecule has 0 spiro atoms. The van der Waals surface area contributed by atoms with E-state index in [-0.39, 0.29) is 5.78 Å². The molecule has 0 unspecified atom stereocenters. The van der Waals surface area contributed by atoms with Gasteiger partial charge in [-0.05, 0) is 50.5 Å². The van der Waals surface area contributed by atoms with Crippen LogP contribution in [0.1, 0.15) is 30.0 Å². The summed E-state index contributed by atoms with van der Waals surface area (Å²) in [6.45, 7) is 8.64. The summed E-state index contributed by atoms with van der Waals surface area (Å²) in [6.07, 6.45) is 0.590. The molecule has 1 rings (SSSR count). The third-order valence-corrected chi connectivity index (χ3v) is 2.63. The molecular formula is C13H19NO. The van der Waals surface area contributed by atoms with Crippen LogP contribution in [-0.2, 0) is 4.79 Å². The highest BCUT2D eigenvalue weighted by Gasteiger charge is 2.01. The Morgan fingerprint density at radius 3 is 2.33 bits per heavy atom. The minimum Gasteiger partial charge on any atom is -0.384 e. The number of hydrogen-bond donors (Lipinski definition) is 1. The van der Waals surface area contributed by atoms with Crippen LogP contribution in [0.15, 0.2) is 12.1 Å². The van der Waals surface area contributed by atoms with Crippen LogP contribution in [-0.4, -0.2) is 12.3 Å². The van der Waals surface area contributed by atoms with Gasteiger partial charge in [-0.2, -0.15) is 0 Å². The molecule has 0 aliphatic carbocycles. The molecule has 0 aromatic heterocycles. The summed E-state index contributed by atoms with van der Waals surface area (Å²) in [6, 6.07) is 4.32. The van der Waals surface area contributed by atoms with E-state index in [1.807, 2.05) is 0 Å². The van der Waals surface area contributed by atoms with Gasteiger partial charge in [0, 0.05) is 18.7 Å². The maximum absolute atomic E-state index is 10.8. The Bertz CT molecular complexity index is 369. The molecule has 0 aliphatic rings. The van der Waals surface area contributed by atoms with Crippen molar-refractivity contribution in [3.05, 3.63) is 28.8 Å². The molecule has 0 atom stereocenters. The van der Waals surface area contributed by atoms with E-state index in [9.17, 15) is 4.79 Å². The number of Topliss-reactive ketones (excluding diaryl/α,β-unsaturated/α-hetero) is 1. The molecule has 0 aliphatic heterocycles. The van der Waals surface area contributed by atoms with Crippen LogP contribution in [0.4, 0.5) is 5.69 Å². The van der Waals surface area contributed by atoms with Gasteiger partial charge in [0.25, 0.3) is 0 Å². The first-order chi connectivity index (χ1) is 7.00. The molecule has 0 fully saturated rings. The molecule has 1 aromatic rings. The molecule has 2 heteroatoms. The summed E-state index contributed by atoms with van der Waals surface area (Å²) in [5, 5.41) is 3.29. The molecule has 15 heavy (non-hydrogen) atoms. The first kappa shape index (κ1) is 11.8. The SMILES string of the molecule is CC(=O)CCNc1cc(C)c(C)cc1C. The normalized spacial score (nSPS) is 10.1. The van der Waals surface area contributed by atoms with E-state index in [1.54, 1.807) is 6.92 Å². The van der Waals surface area contributed by atoms with Gasteiger partial charge in [-0.1, -0.05) is 6.07 Å². The molecule has 0 saturated carbocycles. The smallest absolute Gasteiger partial charge is 0.131 e. The Morgan fingerprint density at radius 2 is 1.73 bits per heavy atom. The Hall–Kier alpha value is -1.31. The highest BCUT2D eigenvalue weighted by molar-refractivity contribution is 5.76. The lowest BCUT2D eigenvalue weighted by molar-refractivity contribution is -0.116. The third kappa shape index (κ3) is 3.39. The fourth-order valence-electron chi connectivity index (χ4n) is 1.52. The topological polar surface area (TPSA) is 29.1 Å². The number of rotatable bonds is 4. The quantitative estimate of drug-likeness (QED) is 0.818. The second-order valence-electron chi connectivity index (χ2n) is 4.13. The van der Waals surface area contributed by atoms with Crippen molar-refractivity contribution in [1.29, 1.82) is 0 Å². The average Bonchev–Trinajstić information content (AvgIpc) is 2.13.